The Kier molecular flexibility index (Phi) is 5.15. The van der Waals surface area contributed by atoms with Gasteiger partial charge in [0.25, 0.3) is 5.82 Å². The summed E-state index contributed by atoms with van der Waals surface area (Å²) in [6.45, 7) is 7.25. The van der Waals surface area contributed by atoms with Crippen LogP contribution < -0.4 is 4.57 Å². The van der Waals surface area contributed by atoms with Crippen molar-refractivity contribution >= 4 is 23.3 Å². The summed E-state index contributed by atoms with van der Waals surface area (Å²) in [4.78, 5) is 0. The molecule has 0 aliphatic heterocycles. The third-order valence-electron chi connectivity index (χ3n) is 5.86. The van der Waals surface area contributed by atoms with Gasteiger partial charge < -0.3 is 10.2 Å². The molecular weight excluding hydrogens is 396 g/mol. The lowest BCUT2D eigenvalue weighted by Gasteiger charge is -2.10. The van der Waals surface area contributed by atoms with Gasteiger partial charge >= 0.3 is 0 Å². The molecule has 2 aromatic heterocycles. The zero-order valence-corrected chi connectivity index (χ0v) is 18.5. The lowest BCUT2D eigenvalue weighted by Crippen LogP contribution is -2.35. The van der Waals surface area contributed by atoms with Crippen molar-refractivity contribution in [1.29, 1.82) is 0 Å². The van der Waals surface area contributed by atoms with Gasteiger partial charge in [-0.2, -0.15) is 0 Å². The third-order valence-corrected chi connectivity index (χ3v) is 6.17. The topological polar surface area (TPSA) is 80.8 Å². The molecule has 7 heteroatoms. The molecule has 0 spiro atoms. The Balaban J connectivity index is 1.94. The molecule has 6 nitrogen and oxygen atoms in total. The SMILES string of the molecule is CCC[n+]1c(C)n(C)c2cc(-c3c(-c4cc(CC)c(O)cc4O)[nH][nH]c3=S)ccc21. The summed E-state index contributed by atoms with van der Waals surface area (Å²) < 4.78 is 5.10. The first-order chi connectivity index (χ1) is 14.4. The highest BCUT2D eigenvalue weighted by atomic mass is 32.1. The van der Waals surface area contributed by atoms with E-state index in [-0.39, 0.29) is 11.5 Å². The van der Waals surface area contributed by atoms with Crippen LogP contribution in [0.5, 0.6) is 11.5 Å². The molecule has 0 atom stereocenters. The molecule has 0 fully saturated rings. The van der Waals surface area contributed by atoms with Crippen LogP contribution in [0.1, 0.15) is 31.7 Å². The van der Waals surface area contributed by atoms with Gasteiger partial charge in [-0.15, -0.1) is 0 Å². The normalized spacial score (nSPS) is 11.5. The molecule has 0 aliphatic carbocycles. The first kappa shape index (κ1) is 20.2. The van der Waals surface area contributed by atoms with Crippen molar-refractivity contribution in [3.05, 3.63) is 46.4 Å². The minimum Gasteiger partial charge on any atom is -0.508 e. The number of aryl methyl sites for hydroxylation is 3. The summed E-state index contributed by atoms with van der Waals surface area (Å²) >= 11 is 5.58. The summed E-state index contributed by atoms with van der Waals surface area (Å²) in [5.74, 6) is 1.30. The predicted octanol–water partition coefficient (Wildman–Crippen LogP) is 4.88. The first-order valence-electron chi connectivity index (χ1n) is 10.2. The highest BCUT2D eigenvalue weighted by Crippen LogP contribution is 2.39. The Hall–Kier alpha value is -3.06. The molecule has 4 N–H and O–H groups in total. The van der Waals surface area contributed by atoms with Gasteiger partial charge in [0.15, 0.2) is 11.0 Å². The summed E-state index contributed by atoms with van der Waals surface area (Å²) in [7, 11) is 2.08. The number of nitrogens with zero attached hydrogens (tertiary/aromatic N) is 2. The van der Waals surface area contributed by atoms with Crippen LogP contribution in [0, 0.1) is 11.6 Å². The Morgan fingerprint density at radius 2 is 1.83 bits per heavy atom. The Bertz CT molecular complexity index is 1310. The van der Waals surface area contributed by atoms with Crippen molar-refractivity contribution in [3.63, 3.8) is 0 Å². The van der Waals surface area contributed by atoms with Crippen molar-refractivity contribution in [2.24, 2.45) is 7.05 Å². The second kappa shape index (κ2) is 7.65. The quantitative estimate of drug-likeness (QED) is 0.273. The largest absolute Gasteiger partial charge is 0.508 e. The average Bonchev–Trinajstić information content (AvgIpc) is 3.21. The van der Waals surface area contributed by atoms with Crippen molar-refractivity contribution in [2.45, 2.75) is 40.2 Å². The number of phenolic OH excluding ortho intramolecular Hbond substituents is 2. The van der Waals surface area contributed by atoms with E-state index in [1.165, 1.54) is 17.4 Å². The average molecular weight is 424 g/mol. The van der Waals surface area contributed by atoms with E-state index in [1.807, 2.05) is 13.0 Å². The lowest BCUT2D eigenvalue weighted by atomic mass is 9.98. The van der Waals surface area contributed by atoms with Gasteiger partial charge in [0.05, 0.1) is 19.3 Å². The molecule has 0 aliphatic rings. The van der Waals surface area contributed by atoms with E-state index < -0.39 is 0 Å². The molecule has 156 valence electrons. The molecule has 0 saturated carbocycles. The maximum absolute atomic E-state index is 10.5. The van der Waals surface area contributed by atoms with Gasteiger partial charge in [0, 0.05) is 24.1 Å². The van der Waals surface area contributed by atoms with Crippen LogP contribution in [0.2, 0.25) is 0 Å². The minimum atomic E-state index is 0.00720. The Morgan fingerprint density at radius 3 is 2.53 bits per heavy atom. The number of nitrogens with one attached hydrogen (secondary N) is 2. The maximum atomic E-state index is 10.5. The molecule has 2 aromatic carbocycles. The number of hydrogen-bond acceptors (Lipinski definition) is 3. The second-order valence-corrected chi connectivity index (χ2v) is 8.05. The molecule has 0 radical (unpaired) electrons. The van der Waals surface area contributed by atoms with Crippen LogP contribution >= 0.6 is 12.2 Å². The van der Waals surface area contributed by atoms with Crippen LogP contribution in [0.25, 0.3) is 33.4 Å². The van der Waals surface area contributed by atoms with E-state index in [0.717, 1.165) is 35.2 Å². The molecule has 0 amide bonds. The third kappa shape index (κ3) is 3.10. The molecule has 0 saturated heterocycles. The van der Waals surface area contributed by atoms with Crippen molar-refractivity contribution in [2.75, 3.05) is 0 Å². The Labute approximate surface area is 180 Å². The number of aromatic nitrogens is 4. The molecule has 4 aromatic rings. The number of H-pyrrole nitrogens is 2. The van der Waals surface area contributed by atoms with E-state index in [0.29, 0.717) is 22.3 Å². The van der Waals surface area contributed by atoms with E-state index >= 15 is 0 Å². The van der Waals surface area contributed by atoms with Gasteiger partial charge in [-0.3, -0.25) is 10.2 Å². The van der Waals surface area contributed by atoms with E-state index in [9.17, 15) is 10.2 Å². The maximum Gasteiger partial charge on any atom is 0.253 e. The predicted molar refractivity (Wildman–Crippen MR) is 121 cm³/mol. The van der Waals surface area contributed by atoms with Crippen LogP contribution in [-0.4, -0.2) is 25.0 Å². The molecule has 4 rings (SSSR count). The fraction of sp³-hybridized carbons (Fsp3) is 0.304. The number of hydrogen-bond donors (Lipinski definition) is 4. The summed E-state index contributed by atoms with van der Waals surface area (Å²) in [5, 5.41) is 26.7. The van der Waals surface area contributed by atoms with Gasteiger partial charge in [-0.1, -0.05) is 26.1 Å². The number of rotatable bonds is 5. The van der Waals surface area contributed by atoms with E-state index in [4.69, 9.17) is 12.2 Å². The van der Waals surface area contributed by atoms with Crippen molar-refractivity contribution in [3.8, 4) is 33.9 Å². The molecule has 0 bridgehead atoms. The Morgan fingerprint density at radius 1 is 1.07 bits per heavy atom. The van der Waals surface area contributed by atoms with Gasteiger partial charge in [-0.05, 0) is 48.2 Å². The van der Waals surface area contributed by atoms with Crippen molar-refractivity contribution in [1.82, 2.24) is 14.8 Å². The molecular formula is C23H27N4O2S+. The number of phenols is 2. The van der Waals surface area contributed by atoms with E-state index in [2.05, 4.69) is 58.4 Å². The van der Waals surface area contributed by atoms with Gasteiger partial charge in [-0.25, -0.2) is 9.13 Å². The lowest BCUT2D eigenvalue weighted by molar-refractivity contribution is -0.678. The zero-order chi connectivity index (χ0) is 21.6. The number of fused-ring (bicyclic) bond motifs is 1. The number of aromatic hydroxyl groups is 2. The summed E-state index contributed by atoms with van der Waals surface area (Å²) in [6.07, 6.45) is 1.73. The van der Waals surface area contributed by atoms with Crippen LogP contribution in [0.4, 0.5) is 0 Å². The second-order valence-electron chi connectivity index (χ2n) is 7.64. The molecule has 2 heterocycles. The van der Waals surface area contributed by atoms with Gasteiger partial charge in [0.1, 0.15) is 16.1 Å². The summed E-state index contributed by atoms with van der Waals surface area (Å²) in [6, 6.07) is 9.54. The highest BCUT2D eigenvalue weighted by molar-refractivity contribution is 7.71. The highest BCUT2D eigenvalue weighted by Gasteiger charge is 2.22. The number of benzene rings is 2. The minimum absolute atomic E-state index is 0.00720. The number of imidazole rings is 1. The number of aromatic amines is 2. The monoisotopic (exact) mass is 423 g/mol. The zero-order valence-electron chi connectivity index (χ0n) is 17.7. The smallest absolute Gasteiger partial charge is 0.253 e. The van der Waals surface area contributed by atoms with Crippen LogP contribution in [0.3, 0.4) is 0 Å². The van der Waals surface area contributed by atoms with E-state index in [1.54, 1.807) is 0 Å². The van der Waals surface area contributed by atoms with Crippen LogP contribution in [0.15, 0.2) is 30.3 Å². The van der Waals surface area contributed by atoms with Gasteiger partial charge in [0.2, 0.25) is 0 Å². The van der Waals surface area contributed by atoms with Crippen LogP contribution in [-0.2, 0) is 20.0 Å². The summed E-state index contributed by atoms with van der Waals surface area (Å²) in [5.41, 5.74) is 6.20. The fourth-order valence-corrected chi connectivity index (χ4v) is 4.42. The molecule has 30 heavy (non-hydrogen) atoms. The van der Waals surface area contributed by atoms with Crippen molar-refractivity contribution < 1.29 is 14.8 Å². The fourth-order valence-electron chi connectivity index (χ4n) is 4.15. The first-order valence-corrected chi connectivity index (χ1v) is 10.6. The molecule has 0 unspecified atom stereocenters. The standard InChI is InChI=1S/C23H26N4O2S/c1-5-9-27-13(3)26(4)18-11-15(7-8-17(18)27)21-22(24-25-23(21)30)16-10-14(6-2)19(28)12-20(16)29/h7-8,10-12H,5-6,9H2,1-4H3,(H3-,24,25,28,29,30)/p+1.